The second-order valence-electron chi connectivity index (χ2n) is 3.57. The van der Waals surface area contributed by atoms with Crippen LogP contribution in [0.15, 0.2) is 52.1 Å². The van der Waals surface area contributed by atoms with Gasteiger partial charge in [0.2, 0.25) is 5.78 Å². The molecule has 1 aromatic heterocycles. The molecule has 0 bridgehead atoms. The zero-order chi connectivity index (χ0) is 13.0. The van der Waals surface area contributed by atoms with Crippen molar-refractivity contribution in [1.82, 2.24) is 0 Å². The lowest BCUT2D eigenvalue weighted by Gasteiger charge is -2.00. The molecule has 0 unspecified atom stereocenters. The van der Waals surface area contributed by atoms with E-state index in [0.717, 1.165) is 11.3 Å². The number of ether oxygens (including phenoxy) is 1. The number of furan rings is 1. The van der Waals surface area contributed by atoms with Gasteiger partial charge in [0.1, 0.15) is 5.75 Å². The van der Waals surface area contributed by atoms with Crippen LogP contribution in [0, 0.1) is 0 Å². The van der Waals surface area contributed by atoms with Crippen molar-refractivity contribution in [2.45, 2.75) is 0 Å². The van der Waals surface area contributed by atoms with Gasteiger partial charge in [0, 0.05) is 0 Å². The van der Waals surface area contributed by atoms with Gasteiger partial charge in [-0.3, -0.25) is 4.79 Å². The van der Waals surface area contributed by atoms with Crippen molar-refractivity contribution in [1.29, 1.82) is 0 Å². The second kappa shape index (κ2) is 5.56. The topological polar surface area (TPSA) is 39.4 Å². The van der Waals surface area contributed by atoms with Crippen molar-refractivity contribution in [3.05, 3.63) is 59.0 Å². The molecule has 0 aliphatic rings. The summed E-state index contributed by atoms with van der Waals surface area (Å²) in [5.41, 5.74) is 0.820. The number of carbonyl (C=O) groups is 1. The van der Waals surface area contributed by atoms with E-state index in [0.29, 0.717) is 0 Å². The van der Waals surface area contributed by atoms with Gasteiger partial charge >= 0.3 is 0 Å². The first-order valence-electron chi connectivity index (χ1n) is 5.30. The number of methoxy groups -OCH3 is 1. The zero-order valence-corrected chi connectivity index (χ0v) is 10.5. The van der Waals surface area contributed by atoms with Gasteiger partial charge in [-0.25, -0.2) is 0 Å². The van der Waals surface area contributed by atoms with Crippen LogP contribution in [0.2, 0.25) is 0 Å². The van der Waals surface area contributed by atoms with Crippen LogP contribution in [0.4, 0.5) is 0 Å². The highest BCUT2D eigenvalue weighted by Crippen LogP contribution is 2.18. The maximum Gasteiger partial charge on any atom is 0.239 e. The first kappa shape index (κ1) is 12.5. The average molecular weight is 263 g/mol. The molecule has 0 aliphatic heterocycles. The summed E-state index contributed by atoms with van der Waals surface area (Å²) in [4.78, 5) is 11.8. The Kier molecular flexibility index (Phi) is 3.85. The molecule has 0 spiro atoms. The summed E-state index contributed by atoms with van der Waals surface area (Å²) < 4.78 is 10.0. The zero-order valence-electron chi connectivity index (χ0n) is 9.72. The van der Waals surface area contributed by atoms with Crippen LogP contribution in [0.5, 0.6) is 5.75 Å². The van der Waals surface area contributed by atoms with E-state index < -0.39 is 0 Å². The molecule has 4 heteroatoms. The van der Waals surface area contributed by atoms with Gasteiger partial charge < -0.3 is 9.15 Å². The largest absolute Gasteiger partial charge is 0.497 e. The van der Waals surface area contributed by atoms with E-state index in [-0.39, 0.29) is 16.6 Å². The average Bonchev–Trinajstić information content (AvgIpc) is 2.92. The molecule has 1 aromatic carbocycles. The van der Waals surface area contributed by atoms with E-state index >= 15 is 0 Å². The van der Waals surface area contributed by atoms with Crippen LogP contribution >= 0.6 is 11.6 Å². The van der Waals surface area contributed by atoms with Gasteiger partial charge in [0.15, 0.2) is 5.76 Å². The number of Topliss-reactive ketones (excluding diaryl/α,β-unsaturated/α-hetero) is 1. The Labute approximate surface area is 110 Å². The summed E-state index contributed by atoms with van der Waals surface area (Å²) in [6.07, 6.45) is 3.02. The third kappa shape index (κ3) is 2.81. The number of hydrogen-bond acceptors (Lipinski definition) is 3. The maximum absolute atomic E-state index is 11.8. The first-order valence-corrected chi connectivity index (χ1v) is 5.68. The summed E-state index contributed by atoms with van der Waals surface area (Å²) in [5, 5.41) is 0.107. The molecular weight excluding hydrogens is 252 g/mol. The van der Waals surface area contributed by atoms with E-state index in [1.807, 2.05) is 12.1 Å². The van der Waals surface area contributed by atoms with Crippen LogP contribution < -0.4 is 4.74 Å². The smallest absolute Gasteiger partial charge is 0.239 e. The Morgan fingerprint density at radius 1 is 1.28 bits per heavy atom. The quantitative estimate of drug-likeness (QED) is 0.622. The monoisotopic (exact) mass is 262 g/mol. The molecule has 0 amide bonds. The molecule has 2 aromatic rings. The Bertz CT molecular complexity index is 553. The standard InChI is InChI=1S/C14H11ClO3/c1-17-11-6-4-10(5-7-11)9-12(15)14(16)13-3-2-8-18-13/h2-9H,1H3/b12-9-. The molecule has 0 radical (unpaired) electrons. The minimum absolute atomic E-state index is 0.107. The van der Waals surface area contributed by atoms with Gasteiger partial charge in [-0.05, 0) is 35.9 Å². The van der Waals surface area contributed by atoms with Crippen molar-refractivity contribution in [3.8, 4) is 5.75 Å². The SMILES string of the molecule is COc1ccc(/C=C(\Cl)C(=O)c2ccco2)cc1. The molecule has 0 N–H and O–H groups in total. The van der Waals surface area contributed by atoms with Crippen LogP contribution in [-0.4, -0.2) is 12.9 Å². The fraction of sp³-hybridized carbons (Fsp3) is 0.0714. The van der Waals surface area contributed by atoms with Crippen molar-refractivity contribution in [3.63, 3.8) is 0 Å². The van der Waals surface area contributed by atoms with Crippen molar-refractivity contribution >= 4 is 23.5 Å². The Morgan fingerprint density at radius 3 is 2.56 bits per heavy atom. The fourth-order valence-electron chi connectivity index (χ4n) is 1.44. The minimum Gasteiger partial charge on any atom is -0.497 e. The number of allylic oxidation sites excluding steroid dienone is 1. The second-order valence-corrected chi connectivity index (χ2v) is 3.98. The summed E-state index contributed by atoms with van der Waals surface area (Å²) in [5.74, 6) is 0.642. The Morgan fingerprint density at radius 2 is 2.00 bits per heavy atom. The summed E-state index contributed by atoms with van der Waals surface area (Å²) in [7, 11) is 1.60. The molecule has 0 saturated carbocycles. The van der Waals surface area contributed by atoms with Gasteiger partial charge in [0.25, 0.3) is 0 Å². The van der Waals surface area contributed by atoms with Crippen LogP contribution in [0.3, 0.4) is 0 Å². The molecule has 0 saturated heterocycles. The Balaban J connectivity index is 2.19. The molecule has 3 nitrogen and oxygen atoms in total. The van der Waals surface area contributed by atoms with Crippen LogP contribution in [0.25, 0.3) is 6.08 Å². The van der Waals surface area contributed by atoms with Gasteiger partial charge in [-0.1, -0.05) is 23.7 Å². The van der Waals surface area contributed by atoms with E-state index in [4.69, 9.17) is 20.8 Å². The number of rotatable bonds is 4. The van der Waals surface area contributed by atoms with E-state index in [2.05, 4.69) is 0 Å². The fourth-order valence-corrected chi connectivity index (χ4v) is 1.66. The molecule has 0 atom stereocenters. The number of benzene rings is 1. The minimum atomic E-state index is -0.336. The molecule has 92 valence electrons. The third-order valence-electron chi connectivity index (χ3n) is 2.37. The van der Waals surface area contributed by atoms with Crippen molar-refractivity contribution in [2.24, 2.45) is 0 Å². The molecular formula is C14H11ClO3. The van der Waals surface area contributed by atoms with Gasteiger partial charge in [-0.2, -0.15) is 0 Å². The predicted octanol–water partition coefficient (Wildman–Crippen LogP) is 3.75. The molecule has 2 rings (SSSR count). The van der Waals surface area contributed by atoms with E-state index in [1.165, 1.54) is 6.26 Å². The highest BCUT2D eigenvalue weighted by atomic mass is 35.5. The van der Waals surface area contributed by atoms with E-state index in [9.17, 15) is 4.79 Å². The maximum atomic E-state index is 11.8. The lowest BCUT2D eigenvalue weighted by molar-refractivity contribution is 0.101. The number of carbonyl (C=O) groups excluding carboxylic acids is 1. The first-order chi connectivity index (χ1) is 8.70. The van der Waals surface area contributed by atoms with Gasteiger partial charge in [0.05, 0.1) is 18.4 Å². The Hall–Kier alpha value is -2.00. The van der Waals surface area contributed by atoms with Gasteiger partial charge in [-0.15, -0.1) is 0 Å². The number of hydrogen-bond donors (Lipinski definition) is 0. The molecule has 18 heavy (non-hydrogen) atoms. The molecule has 0 fully saturated rings. The highest BCUT2D eigenvalue weighted by molar-refractivity contribution is 6.46. The third-order valence-corrected chi connectivity index (χ3v) is 2.65. The lowest BCUT2D eigenvalue weighted by Crippen LogP contribution is -1.96. The van der Waals surface area contributed by atoms with Crippen LogP contribution in [0.1, 0.15) is 16.1 Å². The lowest BCUT2D eigenvalue weighted by atomic mass is 10.1. The predicted molar refractivity (Wildman–Crippen MR) is 69.9 cm³/mol. The summed E-state index contributed by atoms with van der Waals surface area (Å²) in [6.45, 7) is 0. The molecule has 1 heterocycles. The highest BCUT2D eigenvalue weighted by Gasteiger charge is 2.12. The number of halogens is 1. The van der Waals surface area contributed by atoms with Crippen molar-refractivity contribution in [2.75, 3.05) is 7.11 Å². The van der Waals surface area contributed by atoms with E-state index in [1.54, 1.807) is 37.5 Å². The number of ketones is 1. The summed E-state index contributed by atoms with van der Waals surface area (Å²) in [6, 6.07) is 10.4. The summed E-state index contributed by atoms with van der Waals surface area (Å²) >= 11 is 5.95. The van der Waals surface area contributed by atoms with Crippen LogP contribution in [-0.2, 0) is 0 Å². The normalized spacial score (nSPS) is 11.3. The molecule has 0 aliphatic carbocycles. The van der Waals surface area contributed by atoms with Crippen molar-refractivity contribution < 1.29 is 13.9 Å².